The predicted octanol–water partition coefficient (Wildman–Crippen LogP) is 5.20. The van der Waals surface area contributed by atoms with Gasteiger partial charge in [0.1, 0.15) is 5.69 Å². The molecule has 2 aromatic heterocycles. The summed E-state index contributed by atoms with van der Waals surface area (Å²) in [6.45, 7) is 0. The summed E-state index contributed by atoms with van der Waals surface area (Å²) < 4.78 is 0. The van der Waals surface area contributed by atoms with Gasteiger partial charge in [-0.2, -0.15) is 5.10 Å². The van der Waals surface area contributed by atoms with E-state index in [2.05, 4.69) is 20.5 Å². The van der Waals surface area contributed by atoms with Gasteiger partial charge in [0.2, 0.25) is 0 Å². The van der Waals surface area contributed by atoms with E-state index in [0.717, 1.165) is 22.0 Å². The van der Waals surface area contributed by atoms with Gasteiger partial charge < -0.3 is 4.98 Å². The number of rotatable bonds is 4. The van der Waals surface area contributed by atoms with Crippen molar-refractivity contribution in [2.24, 2.45) is 5.10 Å². The molecular weight excluding hydrogens is 410 g/mol. The lowest BCUT2D eigenvalue weighted by molar-refractivity contribution is 0.0956. The maximum absolute atomic E-state index is 13.0. The summed E-state index contributed by atoms with van der Waals surface area (Å²) in [5.74, 6) is 0.270. The number of hydrogen-bond donors (Lipinski definition) is 2. The molecule has 1 amide bonds. The van der Waals surface area contributed by atoms with Gasteiger partial charge in [-0.3, -0.25) is 4.79 Å². The molecule has 2 N–H and O–H groups in total. The van der Waals surface area contributed by atoms with Crippen molar-refractivity contribution in [2.75, 3.05) is 0 Å². The van der Waals surface area contributed by atoms with Crippen LogP contribution in [0.25, 0.3) is 33.5 Å². The number of aromatic amines is 1. The van der Waals surface area contributed by atoms with Crippen molar-refractivity contribution < 1.29 is 4.79 Å². The van der Waals surface area contributed by atoms with Crippen LogP contribution >= 0.6 is 11.6 Å². The van der Waals surface area contributed by atoms with Crippen LogP contribution in [0.4, 0.5) is 0 Å². The number of hydrogen-bond acceptors (Lipinski definition) is 4. The Morgan fingerprint density at radius 3 is 2.48 bits per heavy atom. The Kier molecular flexibility index (Phi) is 4.90. The van der Waals surface area contributed by atoms with Gasteiger partial charge in [0.15, 0.2) is 5.82 Å². The summed E-state index contributed by atoms with van der Waals surface area (Å²) in [6.07, 6.45) is 1.57. The number of fused-ring (bicyclic) bond motifs is 2. The minimum atomic E-state index is -0.332. The van der Waals surface area contributed by atoms with Gasteiger partial charge in [0.05, 0.1) is 28.3 Å². The van der Waals surface area contributed by atoms with Gasteiger partial charge in [-0.1, -0.05) is 54.1 Å². The fourth-order valence-electron chi connectivity index (χ4n) is 3.33. The Hall–Kier alpha value is -4.03. The number of imidazole rings is 1. The molecule has 0 aliphatic rings. The van der Waals surface area contributed by atoms with Gasteiger partial charge in [-0.25, -0.2) is 15.4 Å². The van der Waals surface area contributed by atoms with Crippen LogP contribution in [0.2, 0.25) is 5.02 Å². The standard InChI is InChI=1S/C24H16ClN5O/c25-16-11-9-15(10-12-16)14-26-30-24(31)18-13-22(27-19-6-2-1-5-17(18)19)23-28-20-7-3-4-8-21(20)29-23/h1-14H,(H,28,29)(H,30,31)/b26-14+. The second-order valence-corrected chi connectivity index (χ2v) is 7.36. The number of para-hydroxylation sites is 3. The molecule has 0 atom stereocenters. The van der Waals surface area contributed by atoms with Crippen molar-refractivity contribution >= 4 is 45.7 Å². The second-order valence-electron chi connectivity index (χ2n) is 6.93. The third-order valence-corrected chi connectivity index (χ3v) is 5.09. The third kappa shape index (κ3) is 3.89. The highest BCUT2D eigenvalue weighted by atomic mass is 35.5. The van der Waals surface area contributed by atoms with Gasteiger partial charge in [-0.15, -0.1) is 0 Å². The van der Waals surface area contributed by atoms with Gasteiger partial charge in [0.25, 0.3) is 5.91 Å². The summed E-state index contributed by atoms with van der Waals surface area (Å²) in [6, 6.07) is 24.1. The highest BCUT2D eigenvalue weighted by molar-refractivity contribution is 6.30. The maximum Gasteiger partial charge on any atom is 0.272 e. The molecule has 5 aromatic rings. The Bertz CT molecular complexity index is 1410. The average molecular weight is 426 g/mol. The van der Waals surface area contributed by atoms with E-state index >= 15 is 0 Å². The van der Waals surface area contributed by atoms with Crippen LogP contribution in [0.1, 0.15) is 15.9 Å². The Morgan fingerprint density at radius 2 is 1.68 bits per heavy atom. The minimum Gasteiger partial charge on any atom is -0.337 e. The van der Waals surface area contributed by atoms with Crippen molar-refractivity contribution in [3.63, 3.8) is 0 Å². The molecule has 0 unspecified atom stereocenters. The van der Waals surface area contributed by atoms with Crippen molar-refractivity contribution in [3.8, 4) is 11.5 Å². The van der Waals surface area contributed by atoms with Crippen molar-refractivity contribution in [2.45, 2.75) is 0 Å². The number of nitrogens with one attached hydrogen (secondary N) is 2. The second kappa shape index (κ2) is 8.01. The monoisotopic (exact) mass is 425 g/mol. The Morgan fingerprint density at radius 1 is 0.935 bits per heavy atom. The lowest BCUT2D eigenvalue weighted by Gasteiger charge is -2.07. The molecule has 6 nitrogen and oxygen atoms in total. The molecule has 0 aliphatic carbocycles. The minimum absolute atomic E-state index is 0.332. The lowest BCUT2D eigenvalue weighted by atomic mass is 10.1. The number of halogens is 1. The van der Waals surface area contributed by atoms with Crippen molar-refractivity contribution in [1.82, 2.24) is 20.4 Å². The molecule has 3 aromatic carbocycles. The van der Waals surface area contributed by atoms with Crippen LogP contribution in [0, 0.1) is 0 Å². The first-order valence-corrected chi connectivity index (χ1v) is 9.99. The van der Waals surface area contributed by atoms with E-state index in [4.69, 9.17) is 16.6 Å². The molecule has 7 heteroatoms. The molecule has 0 fully saturated rings. The summed E-state index contributed by atoms with van der Waals surface area (Å²) in [5.41, 5.74) is 6.93. The first-order chi connectivity index (χ1) is 15.2. The molecule has 0 saturated heterocycles. The topological polar surface area (TPSA) is 83.0 Å². The molecule has 5 rings (SSSR count). The summed E-state index contributed by atoms with van der Waals surface area (Å²) in [5, 5.41) is 5.46. The maximum atomic E-state index is 13.0. The number of benzene rings is 3. The van der Waals surface area contributed by atoms with E-state index in [1.54, 1.807) is 24.4 Å². The summed E-state index contributed by atoms with van der Waals surface area (Å²) in [4.78, 5) is 25.5. The van der Waals surface area contributed by atoms with E-state index in [1.807, 2.05) is 60.7 Å². The molecular formula is C24H16ClN5O. The predicted molar refractivity (Wildman–Crippen MR) is 123 cm³/mol. The van der Waals surface area contributed by atoms with E-state index in [1.165, 1.54) is 0 Å². The summed E-state index contributed by atoms with van der Waals surface area (Å²) in [7, 11) is 0. The van der Waals surface area contributed by atoms with Gasteiger partial charge >= 0.3 is 0 Å². The fraction of sp³-hybridized carbons (Fsp3) is 0. The smallest absolute Gasteiger partial charge is 0.272 e. The number of pyridine rings is 1. The number of hydrazone groups is 1. The zero-order chi connectivity index (χ0) is 21.2. The Labute approximate surface area is 182 Å². The normalized spacial score (nSPS) is 11.4. The molecule has 0 saturated carbocycles. The zero-order valence-corrected chi connectivity index (χ0v) is 17.0. The van der Waals surface area contributed by atoms with Crippen LogP contribution in [-0.2, 0) is 0 Å². The lowest BCUT2D eigenvalue weighted by Crippen LogP contribution is -2.18. The highest BCUT2D eigenvalue weighted by Gasteiger charge is 2.15. The summed E-state index contributed by atoms with van der Waals surface area (Å²) >= 11 is 5.90. The quantitative estimate of drug-likeness (QED) is 0.307. The number of H-pyrrole nitrogens is 1. The third-order valence-electron chi connectivity index (χ3n) is 4.84. The van der Waals surface area contributed by atoms with E-state index in [0.29, 0.717) is 27.6 Å². The van der Waals surface area contributed by atoms with Crippen LogP contribution < -0.4 is 5.43 Å². The Balaban J connectivity index is 1.51. The van der Waals surface area contributed by atoms with E-state index in [-0.39, 0.29) is 5.91 Å². The first kappa shape index (κ1) is 19.0. The first-order valence-electron chi connectivity index (χ1n) is 9.61. The number of amides is 1. The largest absolute Gasteiger partial charge is 0.337 e. The number of aromatic nitrogens is 3. The van der Waals surface area contributed by atoms with Crippen LogP contribution in [0.15, 0.2) is 84.0 Å². The van der Waals surface area contributed by atoms with Gasteiger partial charge in [-0.05, 0) is 42.0 Å². The molecule has 0 spiro atoms. The molecule has 150 valence electrons. The SMILES string of the molecule is O=C(N/N=C/c1ccc(Cl)cc1)c1cc(-c2nc3ccccc3[nH]2)nc2ccccc12. The number of carbonyl (C=O) groups is 1. The van der Waals surface area contributed by atoms with Crippen molar-refractivity contribution in [1.29, 1.82) is 0 Å². The van der Waals surface area contributed by atoms with Gasteiger partial charge in [0, 0.05) is 10.4 Å². The van der Waals surface area contributed by atoms with E-state index in [9.17, 15) is 4.79 Å². The van der Waals surface area contributed by atoms with Crippen LogP contribution in [0.5, 0.6) is 0 Å². The van der Waals surface area contributed by atoms with Crippen LogP contribution in [0.3, 0.4) is 0 Å². The zero-order valence-electron chi connectivity index (χ0n) is 16.2. The highest BCUT2D eigenvalue weighted by Crippen LogP contribution is 2.25. The van der Waals surface area contributed by atoms with E-state index < -0.39 is 0 Å². The molecule has 31 heavy (non-hydrogen) atoms. The van der Waals surface area contributed by atoms with Crippen molar-refractivity contribution in [3.05, 3.63) is 95.0 Å². The molecule has 0 bridgehead atoms. The fourth-order valence-corrected chi connectivity index (χ4v) is 3.46. The molecule has 2 heterocycles. The number of carbonyl (C=O) groups excluding carboxylic acids is 1. The molecule has 0 aliphatic heterocycles. The number of nitrogens with zero attached hydrogens (tertiary/aromatic N) is 3. The van der Waals surface area contributed by atoms with Crippen LogP contribution in [-0.4, -0.2) is 27.1 Å². The molecule has 0 radical (unpaired) electrons. The average Bonchev–Trinajstić information content (AvgIpc) is 3.24.